The van der Waals surface area contributed by atoms with Crippen LogP contribution >= 0.6 is 46.3 Å². The molecule has 34 heavy (non-hydrogen) atoms. The van der Waals surface area contributed by atoms with Crippen molar-refractivity contribution in [1.82, 2.24) is 24.5 Å². The highest BCUT2D eigenvalue weighted by Gasteiger charge is 2.28. The first-order valence-electron chi connectivity index (χ1n) is 10.6. The average Bonchev–Trinajstić information content (AvgIpc) is 3.51. The molecule has 0 aliphatic carbocycles. The predicted octanol–water partition coefficient (Wildman–Crippen LogP) is 6.78. The third-order valence-electron chi connectivity index (χ3n) is 4.99. The summed E-state index contributed by atoms with van der Waals surface area (Å²) in [6, 6.07) is 5.44. The first-order chi connectivity index (χ1) is 16.2. The van der Waals surface area contributed by atoms with Gasteiger partial charge in [-0.2, -0.15) is 14.9 Å². The molecule has 11 heteroatoms. The molecule has 3 aromatic heterocycles. The number of methoxy groups -OCH3 is 1. The SMILES string of the molecule is CCn1cc(-c2c(C)nn(-c3nc(-c4ccc(Cl)c(Cl)c4)c(SC(C)C)s3)c2C(=O)OC)cn1. The number of nitrogens with zero attached hydrogens (tertiary/aromatic N) is 5. The highest BCUT2D eigenvalue weighted by atomic mass is 35.5. The number of hydrogen-bond donors (Lipinski definition) is 0. The van der Waals surface area contributed by atoms with Gasteiger partial charge in [0.1, 0.15) is 0 Å². The summed E-state index contributed by atoms with van der Waals surface area (Å²) in [5.74, 6) is -0.496. The minimum atomic E-state index is -0.496. The second kappa shape index (κ2) is 10.1. The van der Waals surface area contributed by atoms with E-state index in [1.54, 1.807) is 39.5 Å². The Morgan fingerprint density at radius 3 is 2.62 bits per heavy atom. The van der Waals surface area contributed by atoms with Gasteiger partial charge in [0.15, 0.2) is 5.69 Å². The number of benzene rings is 1. The number of thioether (sulfide) groups is 1. The highest BCUT2D eigenvalue weighted by Crippen LogP contribution is 2.42. The van der Waals surface area contributed by atoms with Crippen LogP contribution in [-0.2, 0) is 11.3 Å². The maximum atomic E-state index is 12.9. The zero-order valence-electron chi connectivity index (χ0n) is 19.3. The summed E-state index contributed by atoms with van der Waals surface area (Å²) >= 11 is 15.6. The number of hydrogen-bond acceptors (Lipinski definition) is 7. The van der Waals surface area contributed by atoms with Crippen molar-refractivity contribution in [2.75, 3.05) is 7.11 Å². The number of aryl methyl sites for hydroxylation is 2. The van der Waals surface area contributed by atoms with Gasteiger partial charge >= 0.3 is 5.97 Å². The molecule has 0 aliphatic rings. The van der Waals surface area contributed by atoms with Gasteiger partial charge in [-0.05, 0) is 26.0 Å². The molecular weight excluding hydrogens is 513 g/mol. The fourth-order valence-electron chi connectivity index (χ4n) is 3.47. The van der Waals surface area contributed by atoms with E-state index < -0.39 is 5.97 Å². The second-order valence-electron chi connectivity index (χ2n) is 7.73. The van der Waals surface area contributed by atoms with Crippen LogP contribution in [0.4, 0.5) is 0 Å². The normalized spacial score (nSPS) is 11.4. The molecule has 0 fully saturated rings. The number of carbonyl (C=O) groups is 1. The quantitative estimate of drug-likeness (QED) is 0.191. The molecule has 0 bridgehead atoms. The van der Waals surface area contributed by atoms with E-state index in [0.29, 0.717) is 37.4 Å². The number of carbonyl (C=O) groups excluding carboxylic acids is 1. The summed E-state index contributed by atoms with van der Waals surface area (Å²) < 4.78 is 9.50. The second-order valence-corrected chi connectivity index (χ2v) is 11.4. The molecule has 0 unspecified atom stereocenters. The maximum absolute atomic E-state index is 12.9. The van der Waals surface area contributed by atoms with E-state index in [-0.39, 0.29) is 0 Å². The fraction of sp³-hybridized carbons (Fsp3) is 0.304. The van der Waals surface area contributed by atoms with E-state index in [0.717, 1.165) is 27.6 Å². The molecule has 0 radical (unpaired) electrons. The first kappa shape index (κ1) is 24.8. The number of esters is 1. The van der Waals surface area contributed by atoms with Gasteiger partial charge in [-0.15, -0.1) is 11.8 Å². The van der Waals surface area contributed by atoms with Crippen LogP contribution in [0.5, 0.6) is 0 Å². The molecule has 0 amide bonds. The largest absolute Gasteiger partial charge is 0.464 e. The van der Waals surface area contributed by atoms with Crippen LogP contribution in [0.25, 0.3) is 27.5 Å². The van der Waals surface area contributed by atoms with Crippen LogP contribution in [-0.4, -0.2) is 42.9 Å². The van der Waals surface area contributed by atoms with E-state index in [1.165, 1.54) is 18.4 Å². The minimum Gasteiger partial charge on any atom is -0.464 e. The van der Waals surface area contributed by atoms with E-state index in [4.69, 9.17) is 38.0 Å². The van der Waals surface area contributed by atoms with Crippen molar-refractivity contribution in [2.45, 2.75) is 43.7 Å². The van der Waals surface area contributed by atoms with Crippen molar-refractivity contribution in [2.24, 2.45) is 0 Å². The summed E-state index contributed by atoms with van der Waals surface area (Å²) in [6.45, 7) is 8.81. The van der Waals surface area contributed by atoms with Gasteiger partial charge in [-0.1, -0.05) is 54.5 Å². The van der Waals surface area contributed by atoms with Crippen LogP contribution in [0.3, 0.4) is 0 Å². The fourth-order valence-corrected chi connectivity index (χ4v) is 6.24. The standard InChI is InChI=1S/C23H23Cl2N5O2S2/c1-6-29-11-15(10-26-29)18-13(4)28-30(20(18)21(31)32-5)23-27-19(22(34-23)33-12(2)3)14-7-8-16(24)17(25)9-14/h7-12H,6H2,1-5H3. The highest BCUT2D eigenvalue weighted by molar-refractivity contribution is 8.01. The summed E-state index contributed by atoms with van der Waals surface area (Å²) in [5.41, 5.74) is 4.07. The molecular formula is C23H23Cl2N5O2S2. The molecule has 3 heterocycles. The number of halogens is 2. The Bertz CT molecular complexity index is 1360. The topological polar surface area (TPSA) is 74.8 Å². The zero-order chi connectivity index (χ0) is 24.6. The Morgan fingerprint density at radius 1 is 1.24 bits per heavy atom. The number of ether oxygens (including phenoxy) is 1. The number of aromatic nitrogens is 5. The molecule has 1 aromatic carbocycles. The molecule has 7 nitrogen and oxygen atoms in total. The van der Waals surface area contributed by atoms with Crippen molar-refractivity contribution >= 4 is 52.3 Å². The number of thiazole rings is 1. The van der Waals surface area contributed by atoms with E-state index in [9.17, 15) is 4.79 Å². The van der Waals surface area contributed by atoms with Gasteiger partial charge in [-0.3, -0.25) is 4.68 Å². The Hall–Kier alpha value is -2.33. The van der Waals surface area contributed by atoms with Crippen LogP contribution < -0.4 is 0 Å². The third-order valence-corrected chi connectivity index (χ3v) is 7.97. The summed E-state index contributed by atoms with van der Waals surface area (Å²) in [6.07, 6.45) is 3.62. The first-order valence-corrected chi connectivity index (χ1v) is 13.0. The van der Waals surface area contributed by atoms with Crippen LogP contribution in [0.2, 0.25) is 10.0 Å². The van der Waals surface area contributed by atoms with Crippen molar-refractivity contribution in [3.05, 3.63) is 52.0 Å². The van der Waals surface area contributed by atoms with E-state index in [1.807, 2.05) is 26.1 Å². The molecule has 0 spiro atoms. The Labute approximate surface area is 216 Å². The van der Waals surface area contributed by atoms with Gasteiger partial charge in [0.05, 0.1) is 38.9 Å². The summed E-state index contributed by atoms with van der Waals surface area (Å²) in [7, 11) is 1.36. The van der Waals surface area contributed by atoms with Gasteiger partial charge in [0.25, 0.3) is 0 Å². The van der Waals surface area contributed by atoms with Crippen molar-refractivity contribution in [3.63, 3.8) is 0 Å². The molecule has 4 aromatic rings. The monoisotopic (exact) mass is 535 g/mol. The Balaban J connectivity index is 1.92. The molecule has 4 rings (SSSR count). The van der Waals surface area contributed by atoms with Crippen molar-refractivity contribution in [1.29, 1.82) is 0 Å². The Morgan fingerprint density at radius 2 is 2.00 bits per heavy atom. The summed E-state index contributed by atoms with van der Waals surface area (Å²) in [4.78, 5) is 17.8. The lowest BCUT2D eigenvalue weighted by atomic mass is 10.1. The van der Waals surface area contributed by atoms with Gasteiger partial charge < -0.3 is 4.74 Å². The maximum Gasteiger partial charge on any atom is 0.357 e. The van der Waals surface area contributed by atoms with E-state index in [2.05, 4.69) is 18.9 Å². The lowest BCUT2D eigenvalue weighted by Gasteiger charge is -2.05. The molecule has 0 saturated heterocycles. The summed E-state index contributed by atoms with van der Waals surface area (Å²) in [5, 5.41) is 10.9. The zero-order valence-corrected chi connectivity index (χ0v) is 22.4. The molecule has 0 N–H and O–H groups in total. The van der Waals surface area contributed by atoms with Gasteiger partial charge in [0, 0.05) is 34.7 Å². The van der Waals surface area contributed by atoms with Crippen LogP contribution in [0, 0.1) is 6.92 Å². The smallest absolute Gasteiger partial charge is 0.357 e. The van der Waals surface area contributed by atoms with Crippen LogP contribution in [0.15, 0.2) is 34.8 Å². The van der Waals surface area contributed by atoms with Crippen molar-refractivity contribution in [3.8, 4) is 27.5 Å². The third kappa shape index (κ3) is 4.75. The lowest BCUT2D eigenvalue weighted by molar-refractivity contribution is 0.0591. The lowest BCUT2D eigenvalue weighted by Crippen LogP contribution is -2.11. The molecule has 0 atom stereocenters. The molecule has 0 aliphatic heterocycles. The molecule has 178 valence electrons. The Kier molecular flexibility index (Phi) is 7.37. The van der Waals surface area contributed by atoms with Crippen LogP contribution in [0.1, 0.15) is 37.0 Å². The van der Waals surface area contributed by atoms with Gasteiger partial charge in [0.2, 0.25) is 5.13 Å². The average molecular weight is 537 g/mol. The van der Waals surface area contributed by atoms with Crippen molar-refractivity contribution < 1.29 is 9.53 Å². The predicted molar refractivity (Wildman–Crippen MR) is 139 cm³/mol. The molecule has 0 saturated carbocycles. The van der Waals surface area contributed by atoms with E-state index >= 15 is 0 Å². The minimum absolute atomic E-state index is 0.311. The number of rotatable bonds is 7. The van der Waals surface area contributed by atoms with Gasteiger partial charge in [-0.25, -0.2) is 9.78 Å².